The lowest BCUT2D eigenvalue weighted by Gasteiger charge is -1.96. The lowest BCUT2D eigenvalue weighted by atomic mass is 10.5. The second-order valence-corrected chi connectivity index (χ2v) is 5.06. The van der Waals surface area contributed by atoms with E-state index >= 15 is 0 Å². The van der Waals surface area contributed by atoms with Gasteiger partial charge in [0.15, 0.2) is 0 Å². The molecule has 0 radical (unpaired) electrons. The summed E-state index contributed by atoms with van der Waals surface area (Å²) in [7, 11) is 0. The molecule has 0 bridgehead atoms. The smallest absolute Gasteiger partial charge is 0.245 e. The van der Waals surface area contributed by atoms with Crippen LogP contribution in [0.3, 0.4) is 0 Å². The number of nitrogens with zero attached hydrogens (tertiary/aromatic N) is 2. The molecular weight excluding hydrogens is 268 g/mol. The van der Waals surface area contributed by atoms with E-state index in [-0.39, 0.29) is 0 Å². The van der Waals surface area contributed by atoms with Crippen LogP contribution in [-0.2, 0) is 0 Å². The van der Waals surface area contributed by atoms with E-state index in [1.165, 1.54) is 0 Å². The van der Waals surface area contributed by atoms with Gasteiger partial charge in [-0.05, 0) is 22.9 Å². The van der Waals surface area contributed by atoms with Gasteiger partial charge in [0.2, 0.25) is 0 Å². The van der Waals surface area contributed by atoms with Gasteiger partial charge < -0.3 is 0 Å². The molecule has 0 aliphatic carbocycles. The number of amides is 2. The van der Waals surface area contributed by atoms with Gasteiger partial charge in [0.05, 0.1) is 12.4 Å². The summed E-state index contributed by atoms with van der Waals surface area (Å²) in [5.41, 5.74) is 4.63. The minimum atomic E-state index is -0.476. The van der Waals surface area contributed by atoms with E-state index in [4.69, 9.17) is 0 Å². The van der Waals surface area contributed by atoms with Crippen LogP contribution in [0.2, 0.25) is 0 Å². The second kappa shape index (κ2) is 6.67. The first kappa shape index (κ1) is 12.5. The number of carbonyl (C=O) groups is 1. The SMILES string of the molecule is O=C(N/N=C/c1cccs1)N/N=C/c1cccs1. The van der Waals surface area contributed by atoms with Crippen LogP contribution in [0.5, 0.6) is 0 Å². The van der Waals surface area contributed by atoms with Gasteiger partial charge in [-0.2, -0.15) is 10.2 Å². The van der Waals surface area contributed by atoms with Crippen molar-refractivity contribution >= 4 is 41.1 Å². The summed E-state index contributed by atoms with van der Waals surface area (Å²) in [6.45, 7) is 0. The molecule has 2 aromatic heterocycles. The van der Waals surface area contributed by atoms with E-state index in [0.717, 1.165) is 9.75 Å². The van der Waals surface area contributed by atoms with E-state index < -0.39 is 6.03 Å². The molecule has 0 spiro atoms. The molecule has 0 aliphatic heterocycles. The fourth-order valence-corrected chi connectivity index (χ4v) is 2.23. The number of hydrazone groups is 2. The molecule has 2 amide bonds. The average Bonchev–Trinajstić information content (AvgIpc) is 3.01. The highest BCUT2D eigenvalue weighted by atomic mass is 32.1. The van der Waals surface area contributed by atoms with Crippen molar-refractivity contribution in [2.75, 3.05) is 0 Å². The number of carbonyl (C=O) groups excluding carboxylic acids is 1. The Morgan fingerprint density at radius 2 is 1.50 bits per heavy atom. The minimum absolute atomic E-state index is 0.476. The topological polar surface area (TPSA) is 65.8 Å². The van der Waals surface area contributed by atoms with Crippen molar-refractivity contribution < 1.29 is 4.79 Å². The number of urea groups is 1. The minimum Gasteiger partial charge on any atom is -0.245 e. The van der Waals surface area contributed by atoms with Crippen LogP contribution < -0.4 is 10.9 Å². The maximum Gasteiger partial charge on any atom is 0.355 e. The quantitative estimate of drug-likeness (QED) is 0.655. The van der Waals surface area contributed by atoms with Crippen molar-refractivity contribution in [3.8, 4) is 0 Å². The number of hydrogen-bond acceptors (Lipinski definition) is 5. The van der Waals surface area contributed by atoms with Crippen LogP contribution in [0.4, 0.5) is 4.79 Å². The fourth-order valence-electron chi connectivity index (χ4n) is 1.06. The molecular formula is C11H10N4OS2. The van der Waals surface area contributed by atoms with Gasteiger partial charge in [0, 0.05) is 9.75 Å². The highest BCUT2D eigenvalue weighted by Crippen LogP contribution is 2.04. The zero-order chi connectivity index (χ0) is 12.6. The summed E-state index contributed by atoms with van der Waals surface area (Å²) >= 11 is 3.08. The van der Waals surface area contributed by atoms with Crippen molar-refractivity contribution in [2.45, 2.75) is 0 Å². The van der Waals surface area contributed by atoms with Crippen LogP contribution in [-0.4, -0.2) is 18.5 Å². The van der Waals surface area contributed by atoms with Crippen LogP contribution in [0.15, 0.2) is 45.2 Å². The Labute approximate surface area is 112 Å². The zero-order valence-corrected chi connectivity index (χ0v) is 10.9. The molecule has 0 atom stereocenters. The van der Waals surface area contributed by atoms with Crippen LogP contribution >= 0.6 is 22.7 Å². The molecule has 7 heteroatoms. The van der Waals surface area contributed by atoms with E-state index in [1.807, 2.05) is 35.0 Å². The van der Waals surface area contributed by atoms with Gasteiger partial charge >= 0.3 is 6.03 Å². The Morgan fingerprint density at radius 1 is 1.00 bits per heavy atom. The predicted octanol–water partition coefficient (Wildman–Crippen LogP) is 2.48. The van der Waals surface area contributed by atoms with Crippen molar-refractivity contribution in [3.05, 3.63) is 44.8 Å². The van der Waals surface area contributed by atoms with Crippen LogP contribution in [0.25, 0.3) is 0 Å². The molecule has 2 heterocycles. The standard InChI is InChI=1S/C11H10N4OS2/c16-11(14-12-7-9-3-1-5-17-9)15-13-8-10-4-2-6-18-10/h1-8H,(H2,14,15,16)/b12-7+,13-8+. The van der Waals surface area contributed by atoms with Crippen molar-refractivity contribution in [3.63, 3.8) is 0 Å². The third kappa shape index (κ3) is 4.11. The molecule has 0 saturated heterocycles. The molecule has 5 nitrogen and oxygen atoms in total. The Hall–Kier alpha value is -1.99. The molecule has 0 saturated carbocycles. The van der Waals surface area contributed by atoms with Crippen LogP contribution in [0.1, 0.15) is 9.75 Å². The van der Waals surface area contributed by atoms with E-state index in [1.54, 1.807) is 35.1 Å². The third-order valence-corrected chi connectivity index (χ3v) is 3.42. The van der Waals surface area contributed by atoms with E-state index in [0.29, 0.717) is 0 Å². The Kier molecular flexibility index (Phi) is 4.62. The number of hydrogen-bond donors (Lipinski definition) is 2. The summed E-state index contributed by atoms with van der Waals surface area (Å²) < 4.78 is 0. The summed E-state index contributed by atoms with van der Waals surface area (Å²) in [5, 5.41) is 11.4. The first-order valence-electron chi connectivity index (χ1n) is 5.04. The summed E-state index contributed by atoms with van der Waals surface area (Å²) in [6, 6.07) is 7.16. The monoisotopic (exact) mass is 278 g/mol. The normalized spacial score (nSPS) is 11.1. The summed E-state index contributed by atoms with van der Waals surface area (Å²) in [6.07, 6.45) is 3.15. The maximum absolute atomic E-state index is 11.3. The van der Waals surface area contributed by atoms with Gasteiger partial charge in [-0.3, -0.25) is 0 Å². The van der Waals surface area contributed by atoms with Crippen molar-refractivity contribution in [2.24, 2.45) is 10.2 Å². The largest absolute Gasteiger partial charge is 0.355 e. The molecule has 0 aliphatic rings. The Bertz CT molecular complexity index is 483. The van der Waals surface area contributed by atoms with Gasteiger partial charge in [-0.15, -0.1) is 22.7 Å². The molecule has 2 N–H and O–H groups in total. The molecule has 2 rings (SSSR count). The number of nitrogens with one attached hydrogen (secondary N) is 2. The van der Waals surface area contributed by atoms with Crippen molar-refractivity contribution in [1.29, 1.82) is 0 Å². The lowest BCUT2D eigenvalue weighted by Crippen LogP contribution is -2.28. The predicted molar refractivity (Wildman–Crippen MR) is 75.5 cm³/mol. The molecule has 0 unspecified atom stereocenters. The van der Waals surface area contributed by atoms with Crippen molar-refractivity contribution in [1.82, 2.24) is 10.9 Å². The average molecular weight is 278 g/mol. The molecule has 0 aromatic carbocycles. The number of rotatable bonds is 4. The first-order valence-corrected chi connectivity index (χ1v) is 6.79. The van der Waals surface area contributed by atoms with Gasteiger partial charge in [0.1, 0.15) is 0 Å². The van der Waals surface area contributed by atoms with Gasteiger partial charge in [-0.25, -0.2) is 15.6 Å². The summed E-state index contributed by atoms with van der Waals surface area (Å²) in [5.74, 6) is 0. The maximum atomic E-state index is 11.3. The highest BCUT2D eigenvalue weighted by molar-refractivity contribution is 7.12. The fraction of sp³-hybridized carbons (Fsp3) is 0. The zero-order valence-electron chi connectivity index (χ0n) is 9.24. The van der Waals surface area contributed by atoms with Crippen LogP contribution in [0, 0.1) is 0 Å². The molecule has 92 valence electrons. The molecule has 2 aromatic rings. The molecule has 0 fully saturated rings. The van der Waals surface area contributed by atoms with E-state index in [2.05, 4.69) is 21.1 Å². The number of thiophene rings is 2. The molecule has 18 heavy (non-hydrogen) atoms. The highest BCUT2D eigenvalue weighted by Gasteiger charge is 1.94. The first-order chi connectivity index (χ1) is 8.84. The lowest BCUT2D eigenvalue weighted by molar-refractivity contribution is 0.242. The third-order valence-electron chi connectivity index (χ3n) is 1.80. The summed E-state index contributed by atoms with van der Waals surface area (Å²) in [4.78, 5) is 13.2. The Balaban J connectivity index is 1.72. The second-order valence-electron chi connectivity index (χ2n) is 3.10. The van der Waals surface area contributed by atoms with Gasteiger partial charge in [0.25, 0.3) is 0 Å². The van der Waals surface area contributed by atoms with E-state index in [9.17, 15) is 4.79 Å². The van der Waals surface area contributed by atoms with Gasteiger partial charge in [-0.1, -0.05) is 12.1 Å². The Morgan fingerprint density at radius 3 is 1.89 bits per heavy atom.